The summed E-state index contributed by atoms with van der Waals surface area (Å²) in [6.45, 7) is 0. The topological polar surface area (TPSA) is 141 Å². The maximum Gasteiger partial charge on any atom is 0.254 e. The number of benzene rings is 1. The van der Waals surface area contributed by atoms with E-state index in [0.29, 0.717) is 36.3 Å². The SMILES string of the molecule is N#Cc1ccc(Nc2nn(C3CCC(O)CC3C#N)cc2C(N)=O)cc1. The number of nitrogens with two attached hydrogens (primary N) is 1. The van der Waals surface area contributed by atoms with Crippen molar-refractivity contribution in [1.82, 2.24) is 9.78 Å². The Morgan fingerprint density at radius 1 is 1.31 bits per heavy atom. The van der Waals surface area contributed by atoms with Crippen LogP contribution in [-0.2, 0) is 0 Å². The van der Waals surface area contributed by atoms with Gasteiger partial charge in [0.1, 0.15) is 5.56 Å². The minimum Gasteiger partial charge on any atom is -0.393 e. The molecule has 0 spiro atoms. The molecule has 0 saturated heterocycles. The molecule has 1 aromatic heterocycles. The Morgan fingerprint density at radius 3 is 2.65 bits per heavy atom. The number of aliphatic hydroxyl groups is 1. The summed E-state index contributed by atoms with van der Waals surface area (Å²) in [6, 6.07) is 10.7. The van der Waals surface area contributed by atoms with Crippen molar-refractivity contribution in [2.24, 2.45) is 11.7 Å². The largest absolute Gasteiger partial charge is 0.393 e. The number of aliphatic hydroxyl groups excluding tert-OH is 1. The summed E-state index contributed by atoms with van der Waals surface area (Å²) >= 11 is 0. The van der Waals surface area contributed by atoms with Gasteiger partial charge in [0.2, 0.25) is 0 Å². The van der Waals surface area contributed by atoms with Gasteiger partial charge in [0.25, 0.3) is 5.91 Å². The van der Waals surface area contributed by atoms with Crippen molar-refractivity contribution in [3.05, 3.63) is 41.6 Å². The van der Waals surface area contributed by atoms with Crippen LogP contribution < -0.4 is 11.1 Å². The third-order valence-electron chi connectivity index (χ3n) is 4.57. The zero-order chi connectivity index (χ0) is 18.7. The standard InChI is InChI=1S/C18H18N6O2/c19-8-11-1-3-13(4-2-11)22-18-15(17(21)26)10-24(23-18)16-6-5-14(25)7-12(16)9-20/h1-4,10,12,14,16,25H,5-7H2,(H2,21,26)(H,22,23). The van der Waals surface area contributed by atoms with Crippen LogP contribution in [0.2, 0.25) is 0 Å². The van der Waals surface area contributed by atoms with Crippen LogP contribution in [0, 0.1) is 28.6 Å². The number of primary amides is 1. The summed E-state index contributed by atoms with van der Waals surface area (Å²) in [7, 11) is 0. The number of nitrogens with zero attached hydrogens (tertiary/aromatic N) is 4. The third-order valence-corrected chi connectivity index (χ3v) is 4.57. The Bertz CT molecular complexity index is 890. The van der Waals surface area contributed by atoms with Crippen molar-refractivity contribution in [3.8, 4) is 12.1 Å². The number of carbonyl (C=O) groups is 1. The average Bonchev–Trinajstić information content (AvgIpc) is 3.06. The first-order valence-corrected chi connectivity index (χ1v) is 8.25. The van der Waals surface area contributed by atoms with Gasteiger partial charge in [0.15, 0.2) is 5.82 Å². The molecule has 3 rings (SSSR count). The summed E-state index contributed by atoms with van der Waals surface area (Å²) in [5.74, 6) is -0.719. The van der Waals surface area contributed by atoms with Crippen molar-refractivity contribution in [3.63, 3.8) is 0 Å². The normalized spacial score (nSPS) is 22.2. The second-order valence-electron chi connectivity index (χ2n) is 6.32. The zero-order valence-corrected chi connectivity index (χ0v) is 14.0. The van der Waals surface area contributed by atoms with Gasteiger partial charge in [-0.25, -0.2) is 0 Å². The fraction of sp³-hybridized carbons (Fsp3) is 0.333. The summed E-state index contributed by atoms with van der Waals surface area (Å²) in [5, 5.41) is 35.5. The third kappa shape index (κ3) is 3.51. The minimum absolute atomic E-state index is 0.220. The Hall–Kier alpha value is -3.36. The molecular formula is C18H18N6O2. The van der Waals surface area contributed by atoms with Crippen molar-refractivity contribution in [2.75, 3.05) is 5.32 Å². The van der Waals surface area contributed by atoms with Crippen LogP contribution in [-0.4, -0.2) is 26.9 Å². The number of aromatic nitrogens is 2. The van der Waals surface area contributed by atoms with Crippen molar-refractivity contribution < 1.29 is 9.90 Å². The lowest BCUT2D eigenvalue weighted by Crippen LogP contribution is -2.29. The summed E-state index contributed by atoms with van der Waals surface area (Å²) in [5.41, 5.74) is 6.87. The first kappa shape index (κ1) is 17.5. The molecule has 1 aliphatic rings. The first-order chi connectivity index (χ1) is 12.5. The van der Waals surface area contributed by atoms with Gasteiger partial charge in [-0.15, -0.1) is 0 Å². The molecule has 132 valence electrons. The van der Waals surface area contributed by atoms with Crippen LogP contribution >= 0.6 is 0 Å². The van der Waals surface area contributed by atoms with E-state index in [1.165, 1.54) is 0 Å². The highest BCUT2D eigenvalue weighted by atomic mass is 16.3. The molecule has 26 heavy (non-hydrogen) atoms. The second-order valence-corrected chi connectivity index (χ2v) is 6.32. The van der Waals surface area contributed by atoms with Crippen molar-refractivity contribution in [2.45, 2.75) is 31.4 Å². The van der Waals surface area contributed by atoms with E-state index in [4.69, 9.17) is 11.0 Å². The molecule has 1 fully saturated rings. The van der Waals surface area contributed by atoms with E-state index in [-0.39, 0.29) is 17.5 Å². The van der Waals surface area contributed by atoms with Gasteiger partial charge in [-0.05, 0) is 43.5 Å². The van der Waals surface area contributed by atoms with E-state index in [1.807, 2.05) is 6.07 Å². The van der Waals surface area contributed by atoms with Crippen molar-refractivity contribution >= 4 is 17.4 Å². The molecule has 8 nitrogen and oxygen atoms in total. The number of anilines is 2. The number of nitriles is 2. The summed E-state index contributed by atoms with van der Waals surface area (Å²) in [6.07, 6.45) is 2.60. The maximum absolute atomic E-state index is 11.8. The zero-order valence-electron chi connectivity index (χ0n) is 14.0. The van der Waals surface area contributed by atoms with Crippen LogP contribution in [0.4, 0.5) is 11.5 Å². The lowest BCUT2D eigenvalue weighted by molar-refractivity contribution is 0.0861. The van der Waals surface area contributed by atoms with Crippen LogP contribution in [0.15, 0.2) is 30.5 Å². The molecule has 1 amide bonds. The van der Waals surface area contributed by atoms with Gasteiger partial charge < -0.3 is 16.2 Å². The number of hydrogen-bond donors (Lipinski definition) is 3. The van der Waals surface area contributed by atoms with Crippen molar-refractivity contribution in [1.29, 1.82) is 10.5 Å². The lowest BCUT2D eigenvalue weighted by Gasteiger charge is -2.30. The van der Waals surface area contributed by atoms with Gasteiger partial charge in [-0.3, -0.25) is 9.48 Å². The highest BCUT2D eigenvalue weighted by Crippen LogP contribution is 2.34. The van der Waals surface area contributed by atoms with Gasteiger partial charge in [-0.2, -0.15) is 15.6 Å². The van der Waals surface area contributed by atoms with Gasteiger partial charge in [0, 0.05) is 11.9 Å². The number of hydrogen-bond acceptors (Lipinski definition) is 6. The van der Waals surface area contributed by atoms with E-state index < -0.39 is 12.0 Å². The van der Waals surface area contributed by atoms with E-state index >= 15 is 0 Å². The number of carbonyl (C=O) groups excluding carboxylic acids is 1. The molecule has 1 heterocycles. The smallest absolute Gasteiger partial charge is 0.254 e. The Balaban J connectivity index is 1.90. The Labute approximate surface area is 150 Å². The molecular weight excluding hydrogens is 332 g/mol. The van der Waals surface area contributed by atoms with Gasteiger partial charge in [-0.1, -0.05) is 0 Å². The molecule has 2 aromatic rings. The molecule has 8 heteroatoms. The lowest BCUT2D eigenvalue weighted by atomic mass is 9.84. The molecule has 0 radical (unpaired) electrons. The van der Waals surface area contributed by atoms with E-state index in [9.17, 15) is 15.2 Å². The number of amides is 1. The number of rotatable bonds is 4. The molecule has 0 bridgehead atoms. The highest BCUT2D eigenvalue weighted by molar-refractivity contribution is 5.98. The predicted octanol–water partition coefficient (Wildman–Crippen LogP) is 1.82. The minimum atomic E-state index is -0.628. The van der Waals surface area contributed by atoms with Crippen LogP contribution in [0.25, 0.3) is 0 Å². The van der Waals surface area contributed by atoms with Gasteiger partial charge >= 0.3 is 0 Å². The van der Waals surface area contributed by atoms with Crippen LogP contribution in [0.5, 0.6) is 0 Å². The molecule has 0 aliphatic heterocycles. The fourth-order valence-corrected chi connectivity index (χ4v) is 3.19. The van der Waals surface area contributed by atoms with E-state index in [1.54, 1.807) is 35.1 Å². The van der Waals surface area contributed by atoms with E-state index in [2.05, 4.69) is 16.5 Å². The molecule has 1 saturated carbocycles. The van der Waals surface area contributed by atoms with Gasteiger partial charge in [0.05, 0.1) is 35.8 Å². The predicted molar refractivity (Wildman–Crippen MR) is 93.2 cm³/mol. The molecule has 1 aliphatic carbocycles. The molecule has 3 atom stereocenters. The maximum atomic E-state index is 11.8. The monoisotopic (exact) mass is 350 g/mol. The molecule has 1 aromatic carbocycles. The second kappa shape index (κ2) is 7.26. The quantitative estimate of drug-likeness (QED) is 0.768. The number of nitrogens with one attached hydrogen (secondary N) is 1. The average molecular weight is 350 g/mol. The first-order valence-electron chi connectivity index (χ1n) is 8.25. The molecule has 4 N–H and O–H groups in total. The Morgan fingerprint density at radius 2 is 2.04 bits per heavy atom. The van der Waals surface area contributed by atoms with Crippen LogP contribution in [0.1, 0.15) is 41.2 Å². The van der Waals surface area contributed by atoms with Crippen LogP contribution in [0.3, 0.4) is 0 Å². The Kier molecular flexibility index (Phi) is 4.87. The summed E-state index contributed by atoms with van der Waals surface area (Å²) < 4.78 is 1.59. The highest BCUT2D eigenvalue weighted by Gasteiger charge is 2.32. The molecule has 3 unspecified atom stereocenters. The van der Waals surface area contributed by atoms with E-state index in [0.717, 1.165) is 0 Å². The fourth-order valence-electron chi connectivity index (χ4n) is 3.19. The summed E-state index contributed by atoms with van der Waals surface area (Å²) in [4.78, 5) is 11.8.